The molecular formula is C10H18N4O3. The Morgan fingerprint density at radius 2 is 1.88 bits per heavy atom. The molecule has 1 rings (SSSR count). The Bertz CT molecular complexity index is 361. The van der Waals surface area contributed by atoms with Gasteiger partial charge in [-0.05, 0) is 18.8 Å². The number of amides is 2. The molecule has 1 aliphatic carbocycles. The van der Waals surface area contributed by atoms with Crippen molar-refractivity contribution in [2.24, 2.45) is 28.0 Å². The zero-order valence-corrected chi connectivity index (χ0v) is 9.93. The van der Waals surface area contributed by atoms with Gasteiger partial charge in [-0.1, -0.05) is 19.0 Å². The average molecular weight is 242 g/mol. The van der Waals surface area contributed by atoms with Gasteiger partial charge in [0.1, 0.15) is 11.5 Å². The lowest BCUT2D eigenvalue weighted by Gasteiger charge is -2.22. The first kappa shape index (κ1) is 13.3. The molecule has 6 N–H and O–H groups in total. The number of oxime groups is 1. The van der Waals surface area contributed by atoms with Crippen LogP contribution in [0.4, 0.5) is 0 Å². The SMILES string of the molecule is CC(C)C(NC(=O)C1(C(N)=NO)CC1)C(N)=O. The lowest BCUT2D eigenvalue weighted by Crippen LogP contribution is -2.52. The molecule has 0 radical (unpaired) electrons. The van der Waals surface area contributed by atoms with E-state index in [1.807, 2.05) is 0 Å². The Morgan fingerprint density at radius 1 is 1.35 bits per heavy atom. The highest BCUT2D eigenvalue weighted by molar-refractivity contribution is 6.10. The minimum Gasteiger partial charge on any atom is -0.409 e. The van der Waals surface area contributed by atoms with E-state index in [0.717, 1.165) is 0 Å². The highest BCUT2D eigenvalue weighted by atomic mass is 16.4. The summed E-state index contributed by atoms with van der Waals surface area (Å²) in [5.74, 6) is -1.24. The van der Waals surface area contributed by atoms with Gasteiger partial charge in [0.15, 0.2) is 5.84 Å². The molecule has 0 aliphatic heterocycles. The van der Waals surface area contributed by atoms with Gasteiger partial charge in [0.05, 0.1) is 0 Å². The monoisotopic (exact) mass is 242 g/mol. The van der Waals surface area contributed by atoms with Gasteiger partial charge < -0.3 is 22.0 Å². The molecule has 0 saturated heterocycles. The van der Waals surface area contributed by atoms with Gasteiger partial charge in [0.2, 0.25) is 11.8 Å². The molecule has 0 spiro atoms. The summed E-state index contributed by atoms with van der Waals surface area (Å²) in [4.78, 5) is 23.1. The Hall–Kier alpha value is -1.79. The van der Waals surface area contributed by atoms with E-state index in [2.05, 4.69) is 10.5 Å². The van der Waals surface area contributed by atoms with Crippen LogP contribution in [0.25, 0.3) is 0 Å². The van der Waals surface area contributed by atoms with Crippen molar-refractivity contribution in [3.05, 3.63) is 0 Å². The van der Waals surface area contributed by atoms with Crippen molar-refractivity contribution in [3.63, 3.8) is 0 Å². The van der Waals surface area contributed by atoms with Crippen LogP contribution in [0.1, 0.15) is 26.7 Å². The van der Waals surface area contributed by atoms with Gasteiger partial charge in [-0.3, -0.25) is 9.59 Å². The number of amidine groups is 1. The van der Waals surface area contributed by atoms with Crippen LogP contribution in [0.3, 0.4) is 0 Å². The third-order valence-electron chi connectivity index (χ3n) is 3.04. The molecule has 0 bridgehead atoms. The summed E-state index contributed by atoms with van der Waals surface area (Å²) in [6.45, 7) is 3.55. The number of nitrogens with zero attached hydrogens (tertiary/aromatic N) is 1. The van der Waals surface area contributed by atoms with E-state index in [4.69, 9.17) is 16.7 Å². The third kappa shape index (κ3) is 2.48. The second-order valence-corrected chi connectivity index (χ2v) is 4.66. The van der Waals surface area contributed by atoms with Crippen molar-refractivity contribution in [1.82, 2.24) is 5.32 Å². The van der Waals surface area contributed by atoms with Gasteiger partial charge in [0, 0.05) is 0 Å². The number of carbonyl (C=O) groups excluding carboxylic acids is 2. The second-order valence-electron chi connectivity index (χ2n) is 4.66. The molecule has 7 heteroatoms. The molecule has 96 valence electrons. The summed E-state index contributed by atoms with van der Waals surface area (Å²) in [6.07, 6.45) is 1.02. The standard InChI is InChI=1S/C10H18N4O3/c1-5(2)6(7(11)15)13-9(16)10(3-4-10)8(12)14-17/h5-6,17H,3-4H2,1-2H3,(H2,11,15)(H2,12,14)(H,13,16). The van der Waals surface area contributed by atoms with Gasteiger partial charge in [-0.15, -0.1) is 0 Å². The van der Waals surface area contributed by atoms with Crippen molar-refractivity contribution < 1.29 is 14.8 Å². The topological polar surface area (TPSA) is 131 Å². The van der Waals surface area contributed by atoms with Crippen LogP contribution in [0.15, 0.2) is 5.16 Å². The molecule has 0 aromatic heterocycles. The van der Waals surface area contributed by atoms with Crippen LogP contribution in [0.2, 0.25) is 0 Å². The van der Waals surface area contributed by atoms with E-state index in [-0.39, 0.29) is 11.8 Å². The summed E-state index contributed by atoms with van der Waals surface area (Å²) in [5, 5.41) is 14.0. The summed E-state index contributed by atoms with van der Waals surface area (Å²) in [7, 11) is 0. The Balaban J connectivity index is 2.76. The van der Waals surface area contributed by atoms with Gasteiger partial charge in [-0.25, -0.2) is 0 Å². The summed E-state index contributed by atoms with van der Waals surface area (Å²) < 4.78 is 0. The molecular weight excluding hydrogens is 224 g/mol. The molecule has 0 heterocycles. The van der Waals surface area contributed by atoms with Crippen molar-refractivity contribution in [3.8, 4) is 0 Å². The molecule has 1 unspecified atom stereocenters. The summed E-state index contributed by atoms with van der Waals surface area (Å²) in [5.41, 5.74) is 9.70. The first-order valence-electron chi connectivity index (χ1n) is 5.43. The quantitative estimate of drug-likeness (QED) is 0.216. The van der Waals surface area contributed by atoms with Crippen LogP contribution in [-0.2, 0) is 9.59 Å². The maximum absolute atomic E-state index is 12.0. The highest BCUT2D eigenvalue weighted by Gasteiger charge is 2.54. The molecule has 7 nitrogen and oxygen atoms in total. The first-order valence-corrected chi connectivity index (χ1v) is 5.43. The Morgan fingerprint density at radius 3 is 2.18 bits per heavy atom. The number of carbonyl (C=O) groups is 2. The maximum Gasteiger partial charge on any atom is 0.240 e. The molecule has 1 atom stereocenters. The predicted molar refractivity (Wildman–Crippen MR) is 61.0 cm³/mol. The predicted octanol–water partition coefficient (Wildman–Crippen LogP) is -0.861. The maximum atomic E-state index is 12.0. The van der Waals surface area contributed by atoms with E-state index in [1.54, 1.807) is 13.8 Å². The lowest BCUT2D eigenvalue weighted by molar-refractivity contribution is -0.130. The number of hydrogen-bond acceptors (Lipinski definition) is 4. The molecule has 2 amide bonds. The second kappa shape index (κ2) is 4.60. The minimum atomic E-state index is -0.961. The molecule has 0 aromatic rings. The molecule has 1 fully saturated rings. The van der Waals surface area contributed by atoms with Gasteiger partial charge in [-0.2, -0.15) is 0 Å². The van der Waals surface area contributed by atoms with E-state index >= 15 is 0 Å². The van der Waals surface area contributed by atoms with E-state index < -0.39 is 23.3 Å². The van der Waals surface area contributed by atoms with Crippen LogP contribution in [0, 0.1) is 11.3 Å². The molecule has 0 aromatic carbocycles. The summed E-state index contributed by atoms with van der Waals surface area (Å²) in [6, 6.07) is -0.744. The fourth-order valence-electron chi connectivity index (χ4n) is 1.67. The fraction of sp³-hybridized carbons (Fsp3) is 0.700. The molecule has 1 saturated carbocycles. The largest absolute Gasteiger partial charge is 0.409 e. The lowest BCUT2D eigenvalue weighted by atomic mass is 10.00. The van der Waals surface area contributed by atoms with E-state index in [1.165, 1.54) is 0 Å². The fourth-order valence-corrected chi connectivity index (χ4v) is 1.67. The third-order valence-corrected chi connectivity index (χ3v) is 3.04. The Labute approximate surface area is 99.2 Å². The highest BCUT2D eigenvalue weighted by Crippen LogP contribution is 2.46. The number of nitrogens with two attached hydrogens (primary N) is 2. The van der Waals surface area contributed by atoms with Gasteiger partial charge >= 0.3 is 0 Å². The molecule has 1 aliphatic rings. The zero-order chi connectivity index (χ0) is 13.2. The van der Waals surface area contributed by atoms with Crippen molar-refractivity contribution >= 4 is 17.6 Å². The zero-order valence-electron chi connectivity index (χ0n) is 9.93. The summed E-state index contributed by atoms with van der Waals surface area (Å²) >= 11 is 0. The average Bonchev–Trinajstić information content (AvgIpc) is 3.04. The van der Waals surface area contributed by atoms with E-state index in [9.17, 15) is 9.59 Å². The van der Waals surface area contributed by atoms with Crippen LogP contribution in [0.5, 0.6) is 0 Å². The number of hydrogen-bond donors (Lipinski definition) is 4. The van der Waals surface area contributed by atoms with Gasteiger partial charge in [0.25, 0.3) is 0 Å². The normalized spacial score (nSPS) is 19.8. The first-order chi connectivity index (χ1) is 7.85. The van der Waals surface area contributed by atoms with Crippen molar-refractivity contribution in [2.75, 3.05) is 0 Å². The number of nitrogens with one attached hydrogen (secondary N) is 1. The van der Waals surface area contributed by atoms with E-state index in [0.29, 0.717) is 12.8 Å². The van der Waals surface area contributed by atoms with Crippen LogP contribution >= 0.6 is 0 Å². The minimum absolute atomic E-state index is 0.112. The van der Waals surface area contributed by atoms with Crippen LogP contribution < -0.4 is 16.8 Å². The van der Waals surface area contributed by atoms with Crippen LogP contribution in [-0.4, -0.2) is 28.9 Å². The van der Waals surface area contributed by atoms with Crippen molar-refractivity contribution in [1.29, 1.82) is 0 Å². The number of rotatable bonds is 5. The smallest absolute Gasteiger partial charge is 0.240 e. The Kier molecular flexibility index (Phi) is 3.59. The number of primary amides is 1. The van der Waals surface area contributed by atoms with Crippen molar-refractivity contribution in [2.45, 2.75) is 32.7 Å². The molecule has 17 heavy (non-hydrogen) atoms.